The van der Waals surface area contributed by atoms with Gasteiger partial charge in [0.2, 0.25) is 17.7 Å². The van der Waals surface area contributed by atoms with Crippen LogP contribution in [0.1, 0.15) is 52.4 Å². The number of thioether (sulfide) groups is 1. The third kappa shape index (κ3) is 3.95. The highest BCUT2D eigenvalue weighted by Crippen LogP contribution is 2.61. The Kier molecular flexibility index (Phi) is 6.81. The monoisotopic (exact) mass is 501 g/mol. The van der Waals surface area contributed by atoms with Gasteiger partial charge < -0.3 is 19.8 Å². The zero-order valence-electron chi connectivity index (χ0n) is 21.1. The Balaban J connectivity index is 1.61. The van der Waals surface area contributed by atoms with Crippen molar-refractivity contribution in [2.45, 2.75) is 80.5 Å². The molecule has 1 saturated carbocycles. The molecule has 0 aromatic heterocycles. The zero-order chi connectivity index (χ0) is 24.9. The maximum absolute atomic E-state index is 14.4. The maximum atomic E-state index is 14.4. The van der Waals surface area contributed by atoms with Crippen molar-refractivity contribution in [1.29, 1.82) is 0 Å². The van der Waals surface area contributed by atoms with Gasteiger partial charge in [0.15, 0.2) is 0 Å². The van der Waals surface area contributed by atoms with Crippen molar-refractivity contribution in [2.75, 3.05) is 26.7 Å². The van der Waals surface area contributed by atoms with E-state index in [1.165, 1.54) is 6.42 Å². The highest BCUT2D eigenvalue weighted by Gasteiger charge is 2.71. The van der Waals surface area contributed by atoms with Crippen LogP contribution in [-0.2, 0) is 14.4 Å². The van der Waals surface area contributed by atoms with Crippen LogP contribution in [0.25, 0.3) is 0 Å². The molecule has 4 aliphatic heterocycles. The van der Waals surface area contributed by atoms with Gasteiger partial charge in [0.05, 0.1) is 29.2 Å². The molecule has 8 heteroatoms. The SMILES string of the molecule is CC(C)C[C@H](CO)N1C(=O)[C@@H]2[C@@H]3C(=O)N(C)CC=C[C@@H]3S[C@@]23C=CCN(C2CCCCC2)C(=O)C13. The summed E-state index contributed by atoms with van der Waals surface area (Å²) in [6, 6.07) is -0.943. The molecule has 35 heavy (non-hydrogen) atoms. The number of likely N-dealkylation sites (tertiary alicyclic amines) is 1. The van der Waals surface area contributed by atoms with E-state index < -0.39 is 28.7 Å². The third-order valence-electron chi connectivity index (χ3n) is 8.69. The van der Waals surface area contributed by atoms with E-state index in [4.69, 9.17) is 0 Å². The molecule has 5 rings (SSSR count). The van der Waals surface area contributed by atoms with Crippen molar-refractivity contribution in [2.24, 2.45) is 17.8 Å². The minimum absolute atomic E-state index is 0.00583. The first kappa shape index (κ1) is 24.9. The van der Waals surface area contributed by atoms with E-state index in [1.54, 1.807) is 28.6 Å². The van der Waals surface area contributed by atoms with Crippen LogP contribution >= 0.6 is 11.8 Å². The first-order chi connectivity index (χ1) is 16.8. The molecule has 0 bridgehead atoms. The van der Waals surface area contributed by atoms with Crippen molar-refractivity contribution < 1.29 is 19.5 Å². The summed E-state index contributed by atoms with van der Waals surface area (Å²) in [5.74, 6) is -1.02. The first-order valence-corrected chi connectivity index (χ1v) is 14.2. The lowest BCUT2D eigenvalue weighted by Crippen LogP contribution is -2.58. The van der Waals surface area contributed by atoms with Crippen molar-refractivity contribution in [1.82, 2.24) is 14.7 Å². The summed E-state index contributed by atoms with van der Waals surface area (Å²) in [5, 5.41) is 10.3. The van der Waals surface area contributed by atoms with Crippen LogP contribution in [0.15, 0.2) is 24.3 Å². The molecule has 1 unspecified atom stereocenters. The van der Waals surface area contributed by atoms with Crippen molar-refractivity contribution >= 4 is 29.5 Å². The Hall–Kier alpha value is -1.80. The average Bonchev–Trinajstić information content (AvgIpc) is 3.17. The molecule has 4 heterocycles. The van der Waals surface area contributed by atoms with Crippen LogP contribution in [-0.4, -0.2) is 92.4 Å². The van der Waals surface area contributed by atoms with E-state index in [0.29, 0.717) is 19.5 Å². The molecule has 2 saturated heterocycles. The van der Waals surface area contributed by atoms with Gasteiger partial charge in [-0.15, -0.1) is 11.8 Å². The molecular weight excluding hydrogens is 462 g/mol. The second kappa shape index (κ2) is 9.58. The lowest BCUT2D eigenvalue weighted by molar-refractivity contribution is -0.148. The van der Waals surface area contributed by atoms with Gasteiger partial charge >= 0.3 is 0 Å². The summed E-state index contributed by atoms with van der Waals surface area (Å²) >= 11 is 1.62. The summed E-state index contributed by atoms with van der Waals surface area (Å²) in [7, 11) is 1.79. The number of fused-ring (bicyclic) bond motifs is 2. The highest BCUT2D eigenvalue weighted by molar-refractivity contribution is 8.02. The molecule has 1 N–H and O–H groups in total. The number of likely N-dealkylation sites (N-methyl/N-ethyl adjacent to an activating group) is 1. The number of aliphatic hydroxyl groups excluding tert-OH is 1. The van der Waals surface area contributed by atoms with Crippen LogP contribution in [0.4, 0.5) is 0 Å². The van der Waals surface area contributed by atoms with Crippen LogP contribution in [0.3, 0.4) is 0 Å². The van der Waals surface area contributed by atoms with Crippen LogP contribution < -0.4 is 0 Å². The van der Waals surface area contributed by atoms with E-state index >= 15 is 0 Å². The molecular formula is C27H39N3O4S. The highest BCUT2D eigenvalue weighted by atomic mass is 32.2. The number of hydrogen-bond acceptors (Lipinski definition) is 5. The molecule has 192 valence electrons. The van der Waals surface area contributed by atoms with Gasteiger partial charge in [-0.25, -0.2) is 0 Å². The topological polar surface area (TPSA) is 81.2 Å². The lowest BCUT2D eigenvalue weighted by Gasteiger charge is -2.41. The minimum atomic E-state index is -0.796. The molecule has 3 fully saturated rings. The fourth-order valence-electron chi connectivity index (χ4n) is 7.15. The fourth-order valence-corrected chi connectivity index (χ4v) is 9.15. The predicted octanol–water partition coefficient (Wildman–Crippen LogP) is 2.45. The van der Waals surface area contributed by atoms with E-state index in [1.807, 2.05) is 11.0 Å². The van der Waals surface area contributed by atoms with Crippen molar-refractivity contribution in [3.63, 3.8) is 0 Å². The number of aliphatic hydroxyl groups is 1. The number of nitrogens with zero attached hydrogens (tertiary/aromatic N) is 3. The molecule has 7 nitrogen and oxygen atoms in total. The van der Waals surface area contributed by atoms with E-state index in [0.717, 1.165) is 25.7 Å². The molecule has 0 aromatic carbocycles. The number of hydrogen-bond donors (Lipinski definition) is 1. The molecule has 6 atom stereocenters. The molecule has 1 spiro atoms. The summed E-state index contributed by atoms with van der Waals surface area (Å²) < 4.78 is -0.796. The van der Waals surface area contributed by atoms with Gasteiger partial charge in [0.25, 0.3) is 0 Å². The van der Waals surface area contributed by atoms with Gasteiger partial charge in [-0.1, -0.05) is 57.4 Å². The molecule has 1 aliphatic carbocycles. The summed E-state index contributed by atoms with van der Waals surface area (Å²) in [6.45, 7) is 5.04. The Morgan fingerprint density at radius 3 is 2.49 bits per heavy atom. The van der Waals surface area contributed by atoms with E-state index in [-0.39, 0.29) is 41.5 Å². The largest absolute Gasteiger partial charge is 0.394 e. The van der Waals surface area contributed by atoms with Crippen molar-refractivity contribution in [3.05, 3.63) is 24.3 Å². The Morgan fingerprint density at radius 2 is 1.80 bits per heavy atom. The van der Waals surface area contributed by atoms with Gasteiger partial charge in [0.1, 0.15) is 6.04 Å². The van der Waals surface area contributed by atoms with Crippen LogP contribution in [0, 0.1) is 17.8 Å². The predicted molar refractivity (Wildman–Crippen MR) is 137 cm³/mol. The van der Waals surface area contributed by atoms with Gasteiger partial charge in [-0.2, -0.15) is 0 Å². The molecule has 5 aliphatic rings. The second-order valence-corrected chi connectivity index (χ2v) is 12.9. The quantitative estimate of drug-likeness (QED) is 0.586. The summed E-state index contributed by atoms with van der Waals surface area (Å²) in [6.07, 6.45) is 14.3. The summed E-state index contributed by atoms with van der Waals surface area (Å²) in [4.78, 5) is 47.6. The Bertz CT molecular complexity index is 929. The number of carbonyl (C=O) groups excluding carboxylic acids is 3. The standard InChI is InChI=1S/C27H39N3O4S/c1-17(2)15-19(16-31)30-23-26(34)29(18-9-5-4-6-10-18)14-8-12-27(23)22(25(30)33)21-20(35-27)11-7-13-28(3)24(21)32/h7-8,11-12,17-23,31H,4-6,9-10,13-16H2,1-3H3/t19-,20+,21-,22+,23?,27+/m1/s1. The second-order valence-electron chi connectivity index (χ2n) is 11.4. The summed E-state index contributed by atoms with van der Waals surface area (Å²) in [5.41, 5.74) is 0. The van der Waals surface area contributed by atoms with Crippen molar-refractivity contribution in [3.8, 4) is 0 Å². The number of amides is 3. The maximum Gasteiger partial charge on any atom is 0.247 e. The lowest BCUT2D eigenvalue weighted by atomic mass is 9.78. The molecule has 0 aromatic rings. The van der Waals surface area contributed by atoms with Crippen LogP contribution in [0.2, 0.25) is 0 Å². The molecule has 3 amide bonds. The third-order valence-corrected chi connectivity index (χ3v) is 10.4. The minimum Gasteiger partial charge on any atom is -0.394 e. The fraction of sp³-hybridized carbons (Fsp3) is 0.741. The Morgan fingerprint density at radius 1 is 1.06 bits per heavy atom. The Labute approximate surface area is 213 Å². The van der Waals surface area contributed by atoms with Gasteiger partial charge in [-0.3, -0.25) is 14.4 Å². The zero-order valence-corrected chi connectivity index (χ0v) is 22.0. The van der Waals surface area contributed by atoms with Gasteiger partial charge in [0, 0.05) is 31.4 Å². The van der Waals surface area contributed by atoms with E-state index in [9.17, 15) is 19.5 Å². The number of carbonyl (C=O) groups is 3. The van der Waals surface area contributed by atoms with E-state index in [2.05, 4.69) is 32.1 Å². The first-order valence-electron chi connectivity index (χ1n) is 13.3. The van der Waals surface area contributed by atoms with Crippen LogP contribution in [0.5, 0.6) is 0 Å². The normalized spacial score (nSPS) is 36.4. The molecule has 0 radical (unpaired) electrons. The van der Waals surface area contributed by atoms with Gasteiger partial charge in [-0.05, 0) is 25.2 Å². The number of rotatable bonds is 5. The average molecular weight is 502 g/mol. The smallest absolute Gasteiger partial charge is 0.247 e.